The Labute approximate surface area is 187 Å². The Kier molecular flexibility index (Phi) is 7.53. The summed E-state index contributed by atoms with van der Waals surface area (Å²) in [5.41, 5.74) is 2.24. The lowest BCUT2D eigenvalue weighted by molar-refractivity contribution is -0.139. The van der Waals surface area contributed by atoms with Crippen LogP contribution in [0.3, 0.4) is 0 Å². The normalized spacial score (nSPS) is 12.5. The van der Waals surface area contributed by atoms with Crippen LogP contribution in [0.5, 0.6) is 0 Å². The largest absolute Gasteiger partial charge is 0.480 e. The summed E-state index contributed by atoms with van der Waals surface area (Å²) in [6.07, 6.45) is 1.33. The molecule has 32 heavy (non-hydrogen) atoms. The number of carboxylic acid groups (broad SMARTS) is 1. The maximum absolute atomic E-state index is 12.1. The fourth-order valence-corrected chi connectivity index (χ4v) is 3.47. The van der Waals surface area contributed by atoms with Crippen molar-refractivity contribution >= 4 is 23.0 Å². The summed E-state index contributed by atoms with van der Waals surface area (Å²) in [7, 11) is 0. The van der Waals surface area contributed by atoms with E-state index in [1.54, 1.807) is 20.8 Å². The van der Waals surface area contributed by atoms with Gasteiger partial charge in [0, 0.05) is 30.1 Å². The molecule has 0 spiro atoms. The Morgan fingerprint density at radius 2 is 1.75 bits per heavy atom. The molecule has 1 amide bonds. The summed E-state index contributed by atoms with van der Waals surface area (Å²) < 4.78 is 13.1. The molecule has 170 valence electrons. The molecule has 3 rings (SSSR count). The van der Waals surface area contributed by atoms with E-state index in [1.165, 1.54) is 0 Å². The van der Waals surface area contributed by atoms with Gasteiger partial charge >= 0.3 is 12.1 Å². The van der Waals surface area contributed by atoms with E-state index in [4.69, 9.17) is 9.47 Å². The van der Waals surface area contributed by atoms with E-state index in [-0.39, 0.29) is 6.42 Å². The van der Waals surface area contributed by atoms with Gasteiger partial charge < -0.3 is 24.5 Å². The molecule has 0 radical (unpaired) electrons. The Morgan fingerprint density at radius 1 is 1.06 bits per heavy atom. The molecule has 7 heteroatoms. The molecule has 0 bridgehead atoms. The second-order valence-electron chi connectivity index (χ2n) is 8.64. The molecule has 0 aliphatic rings. The number of aromatic nitrogens is 1. The van der Waals surface area contributed by atoms with Crippen molar-refractivity contribution in [3.63, 3.8) is 0 Å². The van der Waals surface area contributed by atoms with E-state index in [9.17, 15) is 14.7 Å². The van der Waals surface area contributed by atoms with Crippen LogP contribution in [0.2, 0.25) is 0 Å². The molecule has 1 heterocycles. The minimum atomic E-state index is -1.11. The standard InChI is InChI=1S/C25H30N2O5/c1-25(2,3)32-24(30)26-21(23(28)29)15-19-16-27(22-12-8-7-11-20(19)22)13-14-31-17-18-9-5-4-6-10-18/h4-12,16,21H,13-15,17H2,1-3H3,(H,26,30)(H,28,29)/t21-/m0/s1. The predicted molar refractivity (Wildman–Crippen MR) is 123 cm³/mol. The number of ether oxygens (including phenoxy) is 2. The smallest absolute Gasteiger partial charge is 0.408 e. The monoisotopic (exact) mass is 438 g/mol. The highest BCUT2D eigenvalue weighted by atomic mass is 16.6. The third-order valence-electron chi connectivity index (χ3n) is 4.87. The van der Waals surface area contributed by atoms with E-state index in [1.807, 2.05) is 60.8 Å². The first-order valence-electron chi connectivity index (χ1n) is 10.6. The van der Waals surface area contributed by atoms with Crippen molar-refractivity contribution < 1.29 is 24.2 Å². The predicted octanol–water partition coefficient (Wildman–Crippen LogP) is 4.38. The number of alkyl carbamates (subject to hydrolysis) is 1. The molecular weight excluding hydrogens is 408 g/mol. The van der Waals surface area contributed by atoms with Gasteiger partial charge in [-0.15, -0.1) is 0 Å². The summed E-state index contributed by atoms with van der Waals surface area (Å²) in [5.74, 6) is -1.11. The molecule has 0 fully saturated rings. The van der Waals surface area contributed by atoms with Crippen LogP contribution in [0.15, 0.2) is 60.8 Å². The number of hydrogen-bond donors (Lipinski definition) is 2. The van der Waals surface area contributed by atoms with E-state index >= 15 is 0 Å². The van der Waals surface area contributed by atoms with Gasteiger partial charge in [-0.3, -0.25) is 0 Å². The van der Waals surface area contributed by atoms with Crippen LogP contribution in [0.1, 0.15) is 31.9 Å². The first-order chi connectivity index (χ1) is 15.2. The van der Waals surface area contributed by atoms with Crippen molar-refractivity contribution in [3.8, 4) is 0 Å². The summed E-state index contributed by atoms with van der Waals surface area (Å²) in [5, 5.41) is 13.1. The lowest BCUT2D eigenvalue weighted by Crippen LogP contribution is -2.44. The zero-order valence-corrected chi connectivity index (χ0v) is 18.7. The molecule has 0 saturated carbocycles. The van der Waals surface area contributed by atoms with E-state index in [0.717, 1.165) is 22.0 Å². The van der Waals surface area contributed by atoms with Crippen LogP contribution < -0.4 is 5.32 Å². The Bertz CT molecular complexity index is 1050. The van der Waals surface area contributed by atoms with Crippen molar-refractivity contribution in [1.82, 2.24) is 9.88 Å². The average Bonchev–Trinajstić information content (AvgIpc) is 3.08. The van der Waals surface area contributed by atoms with Gasteiger partial charge in [0.15, 0.2) is 0 Å². The number of carboxylic acids is 1. The highest BCUT2D eigenvalue weighted by molar-refractivity contribution is 5.86. The molecule has 1 atom stereocenters. The number of benzene rings is 2. The molecule has 0 aliphatic carbocycles. The molecule has 7 nitrogen and oxygen atoms in total. The second-order valence-corrected chi connectivity index (χ2v) is 8.64. The van der Waals surface area contributed by atoms with Gasteiger partial charge in [0.2, 0.25) is 0 Å². The van der Waals surface area contributed by atoms with E-state index in [0.29, 0.717) is 19.8 Å². The summed E-state index contributed by atoms with van der Waals surface area (Å²) in [6, 6.07) is 16.7. The Morgan fingerprint density at radius 3 is 2.44 bits per heavy atom. The summed E-state index contributed by atoms with van der Waals surface area (Å²) >= 11 is 0. The van der Waals surface area contributed by atoms with Crippen molar-refractivity contribution in [2.24, 2.45) is 0 Å². The second kappa shape index (κ2) is 10.3. The van der Waals surface area contributed by atoms with Gasteiger partial charge in [0.1, 0.15) is 11.6 Å². The third-order valence-corrected chi connectivity index (χ3v) is 4.87. The first kappa shape index (κ1) is 23.3. The number of fused-ring (bicyclic) bond motifs is 1. The number of aliphatic carboxylic acids is 1. The molecule has 0 aliphatic heterocycles. The maximum atomic E-state index is 12.1. The minimum absolute atomic E-state index is 0.146. The SMILES string of the molecule is CC(C)(C)OC(=O)N[C@@H](Cc1cn(CCOCc2ccccc2)c2ccccc12)C(=O)O. The maximum Gasteiger partial charge on any atom is 0.408 e. The molecule has 2 N–H and O–H groups in total. The van der Waals surface area contributed by atoms with Gasteiger partial charge in [-0.1, -0.05) is 48.5 Å². The zero-order valence-electron chi connectivity index (χ0n) is 18.7. The van der Waals surface area contributed by atoms with Crippen molar-refractivity contribution in [2.75, 3.05) is 6.61 Å². The molecule has 0 saturated heterocycles. The van der Waals surface area contributed by atoms with Crippen LogP contribution in [-0.4, -0.2) is 40.0 Å². The molecular formula is C25H30N2O5. The van der Waals surface area contributed by atoms with Crippen molar-refractivity contribution in [2.45, 2.75) is 52.0 Å². The number of amides is 1. The quantitative estimate of drug-likeness (QED) is 0.484. The van der Waals surface area contributed by atoms with Crippen LogP contribution in [-0.2, 0) is 33.8 Å². The Hall–Kier alpha value is -3.32. The van der Waals surface area contributed by atoms with Crippen LogP contribution >= 0.6 is 0 Å². The average molecular weight is 439 g/mol. The summed E-state index contributed by atoms with van der Waals surface area (Å²) in [6.45, 7) is 6.88. The zero-order chi connectivity index (χ0) is 23.1. The number of para-hydroxylation sites is 1. The Balaban J connectivity index is 1.69. The van der Waals surface area contributed by atoms with E-state index in [2.05, 4.69) is 9.88 Å². The highest BCUT2D eigenvalue weighted by Crippen LogP contribution is 2.23. The fraction of sp³-hybridized carbons (Fsp3) is 0.360. The lowest BCUT2D eigenvalue weighted by Gasteiger charge is -2.22. The lowest BCUT2D eigenvalue weighted by atomic mass is 10.1. The minimum Gasteiger partial charge on any atom is -0.480 e. The number of rotatable bonds is 9. The van der Waals surface area contributed by atoms with E-state index < -0.39 is 23.7 Å². The topological polar surface area (TPSA) is 89.8 Å². The van der Waals surface area contributed by atoms with Crippen molar-refractivity contribution in [3.05, 3.63) is 71.9 Å². The number of carbonyl (C=O) groups is 2. The number of carbonyl (C=O) groups excluding carboxylic acids is 1. The van der Waals surface area contributed by atoms with Gasteiger partial charge in [0.25, 0.3) is 0 Å². The van der Waals surface area contributed by atoms with Crippen molar-refractivity contribution in [1.29, 1.82) is 0 Å². The van der Waals surface area contributed by atoms with Crippen LogP contribution in [0.25, 0.3) is 10.9 Å². The summed E-state index contributed by atoms with van der Waals surface area (Å²) in [4.78, 5) is 23.9. The molecule has 3 aromatic rings. The van der Waals surface area contributed by atoms with Crippen LogP contribution in [0, 0.1) is 0 Å². The van der Waals surface area contributed by atoms with Gasteiger partial charge in [-0.25, -0.2) is 9.59 Å². The number of nitrogens with one attached hydrogen (secondary N) is 1. The molecule has 0 unspecified atom stereocenters. The first-order valence-corrected chi connectivity index (χ1v) is 10.6. The van der Waals surface area contributed by atoms with Crippen LogP contribution in [0.4, 0.5) is 4.79 Å². The number of hydrogen-bond acceptors (Lipinski definition) is 4. The molecule has 2 aromatic carbocycles. The third kappa shape index (κ3) is 6.59. The van der Waals surface area contributed by atoms with Gasteiger partial charge in [-0.2, -0.15) is 0 Å². The number of nitrogens with zero attached hydrogens (tertiary/aromatic N) is 1. The van der Waals surface area contributed by atoms with Gasteiger partial charge in [0.05, 0.1) is 13.2 Å². The van der Waals surface area contributed by atoms with Gasteiger partial charge in [-0.05, 0) is 38.0 Å². The highest BCUT2D eigenvalue weighted by Gasteiger charge is 2.25. The molecule has 1 aromatic heterocycles. The fourth-order valence-electron chi connectivity index (χ4n) is 3.47.